The summed E-state index contributed by atoms with van der Waals surface area (Å²) in [5.41, 5.74) is 3.59. The summed E-state index contributed by atoms with van der Waals surface area (Å²) in [7, 11) is 2.03. The molecular formula is C8H17ClN2. The number of hydrogen-bond acceptors (Lipinski definition) is 2. The third kappa shape index (κ3) is 2.08. The fourth-order valence-electron chi connectivity index (χ4n) is 1.47. The maximum absolute atomic E-state index is 6.15. The quantitative estimate of drug-likeness (QED) is 0.563. The van der Waals surface area contributed by atoms with Gasteiger partial charge in [-0.1, -0.05) is 20.8 Å². The van der Waals surface area contributed by atoms with E-state index < -0.39 is 0 Å². The maximum atomic E-state index is 6.15. The highest BCUT2D eigenvalue weighted by Gasteiger charge is 2.37. The van der Waals surface area contributed by atoms with Crippen molar-refractivity contribution in [1.29, 1.82) is 0 Å². The predicted molar refractivity (Wildman–Crippen MR) is 48.6 cm³/mol. The van der Waals surface area contributed by atoms with Crippen LogP contribution < -0.4 is 5.43 Å². The average Bonchev–Trinajstić information content (AvgIpc) is 2.08. The van der Waals surface area contributed by atoms with Gasteiger partial charge in [-0.05, 0) is 5.41 Å². The van der Waals surface area contributed by atoms with E-state index in [0.29, 0.717) is 6.04 Å². The van der Waals surface area contributed by atoms with Crippen molar-refractivity contribution < 1.29 is 0 Å². The van der Waals surface area contributed by atoms with Crippen LogP contribution in [0.15, 0.2) is 0 Å². The van der Waals surface area contributed by atoms with Gasteiger partial charge in [-0.3, -0.25) is 5.43 Å². The lowest BCUT2D eigenvalue weighted by Crippen LogP contribution is -2.42. The molecule has 2 unspecified atom stereocenters. The van der Waals surface area contributed by atoms with E-state index >= 15 is 0 Å². The van der Waals surface area contributed by atoms with E-state index in [4.69, 9.17) is 11.6 Å². The minimum atomic E-state index is 0.236. The Balaban J connectivity index is 2.60. The number of halogens is 1. The smallest absolute Gasteiger partial charge is 0.0648 e. The molecule has 0 amide bonds. The van der Waals surface area contributed by atoms with E-state index in [1.54, 1.807) is 0 Å². The second-order valence-electron chi connectivity index (χ2n) is 4.37. The highest BCUT2D eigenvalue weighted by molar-refractivity contribution is 6.21. The molecule has 0 aromatic rings. The molecule has 1 saturated heterocycles. The van der Waals surface area contributed by atoms with E-state index in [0.717, 1.165) is 6.54 Å². The van der Waals surface area contributed by atoms with Gasteiger partial charge in [0, 0.05) is 19.6 Å². The van der Waals surface area contributed by atoms with Crippen LogP contribution in [0.25, 0.3) is 0 Å². The third-order valence-corrected chi connectivity index (χ3v) is 2.49. The molecule has 1 rings (SSSR count). The first-order valence-electron chi connectivity index (χ1n) is 4.02. The summed E-state index contributed by atoms with van der Waals surface area (Å²) in [5, 5.41) is 2.30. The predicted octanol–water partition coefficient (Wildman–Crippen LogP) is 1.46. The molecule has 0 saturated carbocycles. The van der Waals surface area contributed by atoms with E-state index in [9.17, 15) is 0 Å². The van der Waals surface area contributed by atoms with Crippen LogP contribution in [0, 0.1) is 5.41 Å². The van der Waals surface area contributed by atoms with Crippen molar-refractivity contribution >= 4 is 11.6 Å². The van der Waals surface area contributed by atoms with E-state index in [1.807, 2.05) is 7.05 Å². The molecule has 0 radical (unpaired) electrons. The molecule has 2 nitrogen and oxygen atoms in total. The number of nitrogens with zero attached hydrogens (tertiary/aromatic N) is 1. The number of hydrogen-bond donors (Lipinski definition) is 1. The van der Waals surface area contributed by atoms with Crippen molar-refractivity contribution in [2.24, 2.45) is 5.41 Å². The second-order valence-corrected chi connectivity index (χ2v) is 4.93. The number of rotatable bonds is 0. The van der Waals surface area contributed by atoms with Gasteiger partial charge in [0.25, 0.3) is 0 Å². The normalized spacial score (nSPS) is 34.6. The molecule has 0 spiro atoms. The van der Waals surface area contributed by atoms with Gasteiger partial charge in [0.05, 0.1) is 5.38 Å². The van der Waals surface area contributed by atoms with Crippen molar-refractivity contribution in [3.63, 3.8) is 0 Å². The Hall–Kier alpha value is 0.210. The Kier molecular flexibility index (Phi) is 2.47. The van der Waals surface area contributed by atoms with Gasteiger partial charge in [-0.2, -0.15) is 0 Å². The molecule has 0 aliphatic carbocycles. The van der Waals surface area contributed by atoms with Crippen molar-refractivity contribution in [3.05, 3.63) is 0 Å². The first-order chi connectivity index (χ1) is 4.91. The van der Waals surface area contributed by atoms with Crippen molar-refractivity contribution in [2.75, 3.05) is 13.6 Å². The van der Waals surface area contributed by atoms with Gasteiger partial charge in [-0.15, -0.1) is 11.6 Å². The molecular weight excluding hydrogens is 160 g/mol. The summed E-state index contributed by atoms with van der Waals surface area (Å²) in [5.74, 6) is 0. The molecule has 1 heterocycles. The molecule has 1 N–H and O–H groups in total. The Labute approximate surface area is 73.9 Å². The Morgan fingerprint density at radius 2 is 2.00 bits per heavy atom. The van der Waals surface area contributed by atoms with Gasteiger partial charge in [0.1, 0.15) is 0 Å². The molecule has 1 fully saturated rings. The SMILES string of the molecule is CN1CC(Cl)C(C(C)(C)C)N1. The molecule has 66 valence electrons. The zero-order valence-corrected chi connectivity index (χ0v) is 8.44. The van der Waals surface area contributed by atoms with E-state index in [-0.39, 0.29) is 10.8 Å². The van der Waals surface area contributed by atoms with Crippen LogP contribution in [0.4, 0.5) is 0 Å². The fraction of sp³-hybridized carbons (Fsp3) is 1.00. The summed E-state index contributed by atoms with van der Waals surface area (Å²) in [6.45, 7) is 7.56. The molecule has 3 heteroatoms. The van der Waals surface area contributed by atoms with Crippen LogP contribution in [0.2, 0.25) is 0 Å². The maximum Gasteiger partial charge on any atom is 0.0648 e. The first kappa shape index (κ1) is 9.30. The topological polar surface area (TPSA) is 15.3 Å². The van der Waals surface area contributed by atoms with Crippen LogP contribution in [0.3, 0.4) is 0 Å². The van der Waals surface area contributed by atoms with Crippen LogP contribution >= 0.6 is 11.6 Å². The average molecular weight is 177 g/mol. The molecule has 1 aliphatic rings. The van der Waals surface area contributed by atoms with E-state index in [1.165, 1.54) is 0 Å². The van der Waals surface area contributed by atoms with Gasteiger partial charge in [0.2, 0.25) is 0 Å². The summed E-state index contributed by atoms with van der Waals surface area (Å²) in [4.78, 5) is 0. The molecule has 2 atom stereocenters. The molecule has 0 bridgehead atoms. The van der Waals surface area contributed by atoms with Crippen LogP contribution in [-0.4, -0.2) is 30.0 Å². The van der Waals surface area contributed by atoms with Crippen LogP contribution in [-0.2, 0) is 0 Å². The molecule has 0 aromatic heterocycles. The minimum absolute atomic E-state index is 0.236. The number of alkyl halides is 1. The van der Waals surface area contributed by atoms with Crippen molar-refractivity contribution in [2.45, 2.75) is 32.2 Å². The van der Waals surface area contributed by atoms with Crippen molar-refractivity contribution in [1.82, 2.24) is 10.4 Å². The highest BCUT2D eigenvalue weighted by atomic mass is 35.5. The first-order valence-corrected chi connectivity index (χ1v) is 4.46. The lowest BCUT2D eigenvalue weighted by atomic mass is 9.86. The Bertz CT molecular complexity index is 142. The van der Waals surface area contributed by atoms with Gasteiger partial charge >= 0.3 is 0 Å². The zero-order valence-electron chi connectivity index (χ0n) is 7.69. The monoisotopic (exact) mass is 176 g/mol. The Morgan fingerprint density at radius 3 is 2.18 bits per heavy atom. The van der Waals surface area contributed by atoms with Gasteiger partial charge < -0.3 is 0 Å². The summed E-state index contributed by atoms with van der Waals surface area (Å²) >= 11 is 6.15. The summed E-state index contributed by atoms with van der Waals surface area (Å²) in [6, 6.07) is 0.397. The van der Waals surface area contributed by atoms with Crippen LogP contribution in [0.5, 0.6) is 0 Å². The lowest BCUT2D eigenvalue weighted by molar-refractivity contribution is 0.216. The molecule has 0 aromatic carbocycles. The zero-order chi connectivity index (χ0) is 8.65. The lowest BCUT2D eigenvalue weighted by Gasteiger charge is -2.29. The summed E-state index contributed by atoms with van der Waals surface area (Å²) < 4.78 is 0. The summed E-state index contributed by atoms with van der Waals surface area (Å²) in [6.07, 6.45) is 0. The standard InChI is InChI=1S/C8H17ClN2/c1-8(2,3)7-6(9)5-11(4)10-7/h6-7,10H,5H2,1-4H3. The highest BCUT2D eigenvalue weighted by Crippen LogP contribution is 2.28. The van der Waals surface area contributed by atoms with Crippen molar-refractivity contribution in [3.8, 4) is 0 Å². The Morgan fingerprint density at radius 1 is 1.45 bits per heavy atom. The fourth-order valence-corrected chi connectivity index (χ4v) is 2.12. The number of nitrogens with one attached hydrogen (secondary N) is 1. The molecule has 11 heavy (non-hydrogen) atoms. The minimum Gasteiger partial charge on any atom is -0.250 e. The third-order valence-electron chi connectivity index (χ3n) is 2.10. The molecule has 1 aliphatic heterocycles. The van der Waals surface area contributed by atoms with Gasteiger partial charge in [-0.25, -0.2) is 5.01 Å². The van der Waals surface area contributed by atoms with E-state index in [2.05, 4.69) is 31.2 Å². The van der Waals surface area contributed by atoms with Gasteiger partial charge in [0.15, 0.2) is 0 Å². The van der Waals surface area contributed by atoms with Crippen LogP contribution in [0.1, 0.15) is 20.8 Å². The number of hydrazine groups is 1. The second kappa shape index (κ2) is 2.92. The largest absolute Gasteiger partial charge is 0.250 e.